The SMILES string of the molecule is CC(C)S(=O)(=O)c1ccc(-c2cnc3[nH]cc(C(=O)NC(CCO)c4cccc(N)c4)c3n2)cc1. The van der Waals surface area contributed by atoms with Crippen LogP contribution in [-0.4, -0.2) is 46.2 Å². The number of nitrogens with two attached hydrogens (primary N) is 1. The number of fused-ring (bicyclic) bond motifs is 1. The van der Waals surface area contributed by atoms with E-state index >= 15 is 0 Å². The van der Waals surface area contributed by atoms with Crippen molar-refractivity contribution in [3.05, 3.63) is 72.1 Å². The number of aliphatic hydroxyl groups excluding tert-OH is 1. The molecule has 1 unspecified atom stereocenters. The van der Waals surface area contributed by atoms with Crippen LogP contribution in [0.25, 0.3) is 22.4 Å². The van der Waals surface area contributed by atoms with Crippen molar-refractivity contribution < 1.29 is 18.3 Å². The number of rotatable bonds is 8. The maximum atomic E-state index is 13.2. The van der Waals surface area contributed by atoms with E-state index in [0.29, 0.717) is 40.1 Å². The summed E-state index contributed by atoms with van der Waals surface area (Å²) < 4.78 is 24.8. The van der Waals surface area contributed by atoms with Crippen molar-refractivity contribution in [1.82, 2.24) is 20.3 Å². The Hall–Kier alpha value is -3.76. The highest BCUT2D eigenvalue weighted by Gasteiger charge is 2.21. The van der Waals surface area contributed by atoms with Crippen molar-refractivity contribution >= 4 is 32.6 Å². The third-order valence-corrected chi connectivity index (χ3v) is 7.93. The van der Waals surface area contributed by atoms with E-state index in [1.54, 1.807) is 62.5 Å². The summed E-state index contributed by atoms with van der Waals surface area (Å²) in [6, 6.07) is 13.2. The molecule has 1 amide bonds. The lowest BCUT2D eigenvalue weighted by molar-refractivity contribution is 0.0931. The van der Waals surface area contributed by atoms with Gasteiger partial charge in [-0.1, -0.05) is 24.3 Å². The second-order valence-corrected chi connectivity index (χ2v) is 11.0. The first-order chi connectivity index (χ1) is 16.7. The van der Waals surface area contributed by atoms with E-state index in [1.807, 2.05) is 6.07 Å². The lowest BCUT2D eigenvalue weighted by Crippen LogP contribution is -2.29. The number of aromatic amines is 1. The van der Waals surface area contributed by atoms with Crippen molar-refractivity contribution in [1.29, 1.82) is 0 Å². The summed E-state index contributed by atoms with van der Waals surface area (Å²) in [6.45, 7) is 3.16. The van der Waals surface area contributed by atoms with Crippen LogP contribution in [-0.2, 0) is 9.84 Å². The molecule has 1 atom stereocenters. The van der Waals surface area contributed by atoms with Crippen LogP contribution in [0, 0.1) is 0 Å². The van der Waals surface area contributed by atoms with Crippen LogP contribution in [0.5, 0.6) is 0 Å². The van der Waals surface area contributed by atoms with E-state index in [9.17, 15) is 18.3 Å². The molecule has 4 aromatic rings. The summed E-state index contributed by atoms with van der Waals surface area (Å²) >= 11 is 0. The Labute approximate surface area is 203 Å². The molecule has 0 spiro atoms. The van der Waals surface area contributed by atoms with Gasteiger partial charge in [-0.3, -0.25) is 4.79 Å². The number of sulfone groups is 1. The highest BCUT2D eigenvalue weighted by atomic mass is 32.2. The molecule has 35 heavy (non-hydrogen) atoms. The first-order valence-corrected chi connectivity index (χ1v) is 12.7. The zero-order valence-electron chi connectivity index (χ0n) is 19.4. The zero-order chi connectivity index (χ0) is 25.2. The summed E-state index contributed by atoms with van der Waals surface area (Å²) in [5, 5.41) is 11.9. The summed E-state index contributed by atoms with van der Waals surface area (Å²) in [5.41, 5.74) is 9.54. The summed E-state index contributed by atoms with van der Waals surface area (Å²) in [5.74, 6) is -0.373. The van der Waals surface area contributed by atoms with E-state index in [4.69, 9.17) is 5.73 Å². The van der Waals surface area contributed by atoms with Gasteiger partial charge < -0.3 is 21.1 Å². The van der Waals surface area contributed by atoms with Gasteiger partial charge in [0.1, 0.15) is 5.52 Å². The molecule has 0 saturated carbocycles. The molecule has 0 radical (unpaired) electrons. The molecule has 4 rings (SSSR count). The highest BCUT2D eigenvalue weighted by molar-refractivity contribution is 7.92. The Morgan fingerprint density at radius 3 is 2.57 bits per heavy atom. The number of benzene rings is 2. The first-order valence-electron chi connectivity index (χ1n) is 11.2. The Morgan fingerprint density at radius 2 is 1.91 bits per heavy atom. The van der Waals surface area contributed by atoms with E-state index < -0.39 is 21.1 Å². The highest BCUT2D eigenvalue weighted by Crippen LogP contribution is 2.25. The molecule has 0 saturated heterocycles. The molecule has 0 fully saturated rings. The van der Waals surface area contributed by atoms with Gasteiger partial charge >= 0.3 is 0 Å². The molecular formula is C25H27N5O4S. The number of amides is 1. The van der Waals surface area contributed by atoms with Crippen molar-refractivity contribution in [2.45, 2.75) is 36.5 Å². The standard InChI is InChI=1S/C25H27N5O4S/c1-15(2)35(33,34)19-8-6-16(7-9-19)22-14-28-24-23(29-22)20(13-27-24)25(32)30-21(10-11-31)17-4-3-5-18(26)12-17/h3-9,12-15,21,31H,10-11,26H2,1-2H3,(H,27,28)(H,30,32). The van der Waals surface area contributed by atoms with Gasteiger partial charge in [-0.15, -0.1) is 0 Å². The predicted octanol–water partition coefficient (Wildman–Crippen LogP) is 3.24. The minimum Gasteiger partial charge on any atom is -0.399 e. The van der Waals surface area contributed by atoms with E-state index in [-0.39, 0.29) is 17.4 Å². The molecule has 5 N–H and O–H groups in total. The number of anilines is 1. The maximum Gasteiger partial charge on any atom is 0.255 e. The lowest BCUT2D eigenvalue weighted by Gasteiger charge is -2.18. The molecule has 0 aliphatic heterocycles. The molecule has 9 nitrogen and oxygen atoms in total. The summed E-state index contributed by atoms with van der Waals surface area (Å²) in [7, 11) is -3.38. The maximum absolute atomic E-state index is 13.2. The number of carbonyl (C=O) groups excluding carboxylic acids is 1. The second-order valence-electron chi connectivity index (χ2n) is 8.48. The normalized spacial score (nSPS) is 12.7. The molecule has 182 valence electrons. The van der Waals surface area contributed by atoms with E-state index in [1.165, 1.54) is 6.20 Å². The number of nitrogens with zero attached hydrogens (tertiary/aromatic N) is 2. The quantitative estimate of drug-likeness (QED) is 0.275. The molecule has 10 heteroatoms. The van der Waals surface area contributed by atoms with Crippen molar-refractivity contribution in [3.8, 4) is 11.3 Å². The average Bonchev–Trinajstić information content (AvgIpc) is 3.27. The Morgan fingerprint density at radius 1 is 1.17 bits per heavy atom. The topological polar surface area (TPSA) is 151 Å². The van der Waals surface area contributed by atoms with Crippen molar-refractivity contribution in [3.63, 3.8) is 0 Å². The number of nitrogen functional groups attached to an aromatic ring is 1. The van der Waals surface area contributed by atoms with Crippen LogP contribution in [0.4, 0.5) is 5.69 Å². The fourth-order valence-electron chi connectivity index (χ4n) is 3.75. The Kier molecular flexibility index (Phi) is 6.86. The van der Waals surface area contributed by atoms with Gasteiger partial charge in [0.2, 0.25) is 0 Å². The molecule has 2 aromatic heterocycles. The molecule has 2 aromatic carbocycles. The molecule has 0 aliphatic rings. The Balaban J connectivity index is 1.63. The fourth-order valence-corrected chi connectivity index (χ4v) is 4.81. The van der Waals surface area contributed by atoms with Gasteiger partial charge in [0.25, 0.3) is 5.91 Å². The molecule has 0 aliphatic carbocycles. The van der Waals surface area contributed by atoms with Gasteiger partial charge in [-0.05, 0) is 50.1 Å². The first kappa shape index (κ1) is 24.4. The number of hydrogen-bond acceptors (Lipinski definition) is 7. The predicted molar refractivity (Wildman–Crippen MR) is 134 cm³/mol. The Bertz CT molecular complexity index is 1460. The van der Waals surface area contributed by atoms with E-state index in [2.05, 4.69) is 20.3 Å². The lowest BCUT2D eigenvalue weighted by atomic mass is 10.0. The van der Waals surface area contributed by atoms with Crippen LogP contribution < -0.4 is 11.1 Å². The van der Waals surface area contributed by atoms with Crippen LogP contribution in [0.2, 0.25) is 0 Å². The molecule has 0 bridgehead atoms. The van der Waals surface area contributed by atoms with Gasteiger partial charge in [0.05, 0.1) is 33.6 Å². The van der Waals surface area contributed by atoms with Gasteiger partial charge in [-0.25, -0.2) is 18.4 Å². The van der Waals surface area contributed by atoms with Crippen LogP contribution >= 0.6 is 0 Å². The minimum absolute atomic E-state index is 0.111. The molecule has 2 heterocycles. The number of carbonyl (C=O) groups is 1. The third-order valence-electron chi connectivity index (χ3n) is 5.76. The number of aliphatic hydroxyl groups is 1. The average molecular weight is 494 g/mol. The molecular weight excluding hydrogens is 466 g/mol. The van der Waals surface area contributed by atoms with Crippen LogP contribution in [0.3, 0.4) is 0 Å². The van der Waals surface area contributed by atoms with Crippen LogP contribution in [0.15, 0.2) is 65.8 Å². The summed E-state index contributed by atoms with van der Waals surface area (Å²) in [6.07, 6.45) is 3.42. The zero-order valence-corrected chi connectivity index (χ0v) is 20.2. The number of aromatic nitrogens is 3. The van der Waals surface area contributed by atoms with Gasteiger partial charge in [0, 0.05) is 24.1 Å². The smallest absolute Gasteiger partial charge is 0.255 e. The van der Waals surface area contributed by atoms with Gasteiger partial charge in [-0.2, -0.15) is 0 Å². The monoisotopic (exact) mass is 493 g/mol. The minimum atomic E-state index is -3.38. The largest absolute Gasteiger partial charge is 0.399 e. The number of nitrogens with one attached hydrogen (secondary N) is 2. The second kappa shape index (κ2) is 9.85. The van der Waals surface area contributed by atoms with Crippen LogP contribution in [0.1, 0.15) is 42.2 Å². The van der Waals surface area contributed by atoms with Crippen molar-refractivity contribution in [2.75, 3.05) is 12.3 Å². The summed E-state index contributed by atoms with van der Waals surface area (Å²) in [4.78, 5) is 25.3. The fraction of sp³-hybridized carbons (Fsp3) is 0.240. The third kappa shape index (κ3) is 5.03. The van der Waals surface area contributed by atoms with Gasteiger partial charge in [0.15, 0.2) is 15.5 Å². The van der Waals surface area contributed by atoms with Crippen molar-refractivity contribution in [2.24, 2.45) is 0 Å². The van der Waals surface area contributed by atoms with E-state index in [0.717, 1.165) is 5.56 Å². The number of H-pyrrole nitrogens is 1. The number of hydrogen-bond donors (Lipinski definition) is 4.